The van der Waals surface area contributed by atoms with E-state index in [1.54, 1.807) is 0 Å². The minimum atomic E-state index is -0.0353. The van der Waals surface area contributed by atoms with Crippen LogP contribution in [0.3, 0.4) is 0 Å². The standard InChI is InChI=1S/C7H15N3OS/c1-3-12-7(8)10-5-4-9-6(2)11/h3-5H2,1-2H3,(H2,8,10)(H,9,11). The summed E-state index contributed by atoms with van der Waals surface area (Å²) >= 11 is 1.51. The maximum atomic E-state index is 10.4. The molecule has 0 atom stereocenters. The van der Waals surface area contributed by atoms with E-state index in [1.807, 2.05) is 6.92 Å². The molecule has 0 radical (unpaired) electrons. The maximum absolute atomic E-state index is 10.4. The predicted molar refractivity (Wildman–Crippen MR) is 53.3 cm³/mol. The molecule has 0 unspecified atom stereocenters. The number of nitrogens with two attached hydrogens (primary N) is 1. The molecule has 1 amide bonds. The molecule has 5 heteroatoms. The molecule has 12 heavy (non-hydrogen) atoms. The van der Waals surface area contributed by atoms with Crippen LogP contribution in [0.15, 0.2) is 4.99 Å². The summed E-state index contributed by atoms with van der Waals surface area (Å²) in [7, 11) is 0. The van der Waals surface area contributed by atoms with E-state index in [2.05, 4.69) is 10.3 Å². The highest BCUT2D eigenvalue weighted by atomic mass is 32.2. The zero-order chi connectivity index (χ0) is 9.40. The number of amidine groups is 1. The highest BCUT2D eigenvalue weighted by Crippen LogP contribution is 1.96. The van der Waals surface area contributed by atoms with E-state index in [1.165, 1.54) is 18.7 Å². The van der Waals surface area contributed by atoms with Crippen LogP contribution in [0.4, 0.5) is 0 Å². The normalized spacial score (nSPS) is 11.3. The zero-order valence-electron chi connectivity index (χ0n) is 7.46. The maximum Gasteiger partial charge on any atom is 0.216 e. The number of thioether (sulfide) groups is 1. The monoisotopic (exact) mass is 189 g/mol. The Bertz CT molecular complexity index is 170. The molecule has 0 saturated heterocycles. The second kappa shape index (κ2) is 6.97. The SMILES string of the molecule is CCSC(N)=NCCNC(C)=O. The number of nitrogens with zero attached hydrogens (tertiary/aromatic N) is 1. The van der Waals surface area contributed by atoms with Crippen LogP contribution in [0.5, 0.6) is 0 Å². The minimum Gasteiger partial charge on any atom is -0.379 e. The molecular formula is C7H15N3OS. The first-order chi connectivity index (χ1) is 5.66. The van der Waals surface area contributed by atoms with Crippen molar-refractivity contribution in [1.82, 2.24) is 5.32 Å². The van der Waals surface area contributed by atoms with Crippen molar-refractivity contribution in [3.8, 4) is 0 Å². The van der Waals surface area contributed by atoms with Crippen LogP contribution < -0.4 is 11.1 Å². The number of hydrogen-bond donors (Lipinski definition) is 2. The Balaban J connectivity index is 3.39. The minimum absolute atomic E-state index is 0.0353. The second-order valence-electron chi connectivity index (χ2n) is 2.14. The second-order valence-corrected chi connectivity index (χ2v) is 3.42. The Morgan fingerprint density at radius 3 is 2.83 bits per heavy atom. The molecule has 0 aliphatic heterocycles. The lowest BCUT2D eigenvalue weighted by atomic mass is 10.6. The third kappa shape index (κ3) is 7.40. The van der Waals surface area contributed by atoms with Crippen LogP contribution in [0.1, 0.15) is 13.8 Å². The molecule has 0 aliphatic carbocycles. The Labute approximate surface area is 77.0 Å². The van der Waals surface area contributed by atoms with Crippen molar-refractivity contribution in [2.75, 3.05) is 18.8 Å². The fourth-order valence-corrected chi connectivity index (χ4v) is 1.07. The molecule has 0 aromatic carbocycles. The van der Waals surface area contributed by atoms with Gasteiger partial charge in [0.2, 0.25) is 5.91 Å². The fraction of sp³-hybridized carbons (Fsp3) is 0.714. The van der Waals surface area contributed by atoms with Crippen molar-refractivity contribution < 1.29 is 4.79 Å². The molecule has 0 aromatic rings. The van der Waals surface area contributed by atoms with Gasteiger partial charge in [0, 0.05) is 13.5 Å². The molecule has 0 rings (SSSR count). The first-order valence-electron chi connectivity index (χ1n) is 3.84. The van der Waals surface area contributed by atoms with Crippen LogP contribution in [0.2, 0.25) is 0 Å². The lowest BCUT2D eigenvalue weighted by molar-refractivity contribution is -0.118. The molecular weight excluding hydrogens is 174 g/mol. The van der Waals surface area contributed by atoms with Crippen LogP contribution in [0, 0.1) is 0 Å². The molecule has 0 heterocycles. The van der Waals surface area contributed by atoms with E-state index >= 15 is 0 Å². The van der Waals surface area contributed by atoms with Gasteiger partial charge in [-0.3, -0.25) is 9.79 Å². The third-order valence-electron chi connectivity index (χ3n) is 1.05. The van der Waals surface area contributed by atoms with E-state index in [4.69, 9.17) is 5.73 Å². The average molecular weight is 189 g/mol. The van der Waals surface area contributed by atoms with Crippen molar-refractivity contribution >= 4 is 22.8 Å². The number of hydrogen-bond acceptors (Lipinski definition) is 3. The molecule has 0 bridgehead atoms. The van der Waals surface area contributed by atoms with E-state index < -0.39 is 0 Å². The molecule has 0 aliphatic rings. The zero-order valence-corrected chi connectivity index (χ0v) is 8.28. The summed E-state index contributed by atoms with van der Waals surface area (Å²) in [5, 5.41) is 3.22. The van der Waals surface area contributed by atoms with Crippen LogP contribution in [0.25, 0.3) is 0 Å². The summed E-state index contributed by atoms with van der Waals surface area (Å²) in [4.78, 5) is 14.4. The summed E-state index contributed by atoms with van der Waals surface area (Å²) < 4.78 is 0. The summed E-state index contributed by atoms with van der Waals surface area (Å²) in [5.74, 6) is 0.891. The Morgan fingerprint density at radius 1 is 1.67 bits per heavy atom. The fourth-order valence-electron chi connectivity index (χ4n) is 0.592. The van der Waals surface area contributed by atoms with Crippen molar-refractivity contribution in [3.05, 3.63) is 0 Å². The van der Waals surface area contributed by atoms with E-state index in [-0.39, 0.29) is 5.91 Å². The predicted octanol–water partition coefficient (Wildman–Crippen LogP) is 0.190. The van der Waals surface area contributed by atoms with Gasteiger partial charge in [-0.15, -0.1) is 0 Å². The summed E-state index contributed by atoms with van der Waals surface area (Å²) in [6.07, 6.45) is 0. The van der Waals surface area contributed by atoms with Gasteiger partial charge >= 0.3 is 0 Å². The van der Waals surface area contributed by atoms with Gasteiger partial charge in [-0.1, -0.05) is 18.7 Å². The summed E-state index contributed by atoms with van der Waals surface area (Å²) in [6.45, 7) is 4.60. The Morgan fingerprint density at radius 2 is 2.33 bits per heavy atom. The average Bonchev–Trinajstić information content (AvgIpc) is 1.98. The molecule has 3 N–H and O–H groups in total. The first kappa shape index (κ1) is 11.3. The van der Waals surface area contributed by atoms with Gasteiger partial charge in [0.05, 0.1) is 6.54 Å². The first-order valence-corrected chi connectivity index (χ1v) is 4.82. The highest BCUT2D eigenvalue weighted by molar-refractivity contribution is 8.13. The van der Waals surface area contributed by atoms with Gasteiger partial charge in [-0.2, -0.15) is 0 Å². The molecule has 0 aromatic heterocycles. The number of rotatable bonds is 4. The quantitative estimate of drug-likeness (QED) is 0.377. The smallest absolute Gasteiger partial charge is 0.216 e. The van der Waals surface area contributed by atoms with Crippen LogP contribution in [-0.2, 0) is 4.79 Å². The van der Waals surface area contributed by atoms with Gasteiger partial charge in [-0.25, -0.2) is 0 Å². The van der Waals surface area contributed by atoms with E-state index in [0.717, 1.165) is 5.75 Å². The molecule has 4 nitrogen and oxygen atoms in total. The van der Waals surface area contributed by atoms with Gasteiger partial charge in [0.1, 0.15) is 0 Å². The number of aliphatic imine (C=N–C) groups is 1. The van der Waals surface area contributed by atoms with Gasteiger partial charge < -0.3 is 11.1 Å². The largest absolute Gasteiger partial charge is 0.379 e. The van der Waals surface area contributed by atoms with E-state index in [9.17, 15) is 4.79 Å². The van der Waals surface area contributed by atoms with Crippen molar-refractivity contribution in [2.45, 2.75) is 13.8 Å². The third-order valence-corrected chi connectivity index (χ3v) is 1.76. The highest BCUT2D eigenvalue weighted by Gasteiger charge is 1.91. The molecule has 0 spiro atoms. The molecule has 70 valence electrons. The Kier molecular flexibility index (Phi) is 6.55. The van der Waals surface area contributed by atoms with Gasteiger partial charge in [0.25, 0.3) is 0 Å². The number of nitrogens with one attached hydrogen (secondary N) is 1. The Hall–Kier alpha value is -0.710. The lowest BCUT2D eigenvalue weighted by Crippen LogP contribution is -2.23. The van der Waals surface area contributed by atoms with Crippen LogP contribution in [-0.4, -0.2) is 29.9 Å². The lowest BCUT2D eigenvalue weighted by Gasteiger charge is -1.99. The van der Waals surface area contributed by atoms with Gasteiger partial charge in [0.15, 0.2) is 5.17 Å². The van der Waals surface area contributed by atoms with Crippen LogP contribution >= 0.6 is 11.8 Å². The van der Waals surface area contributed by atoms with Crippen molar-refractivity contribution in [1.29, 1.82) is 0 Å². The topological polar surface area (TPSA) is 67.5 Å². The number of carbonyl (C=O) groups excluding carboxylic acids is 1. The number of carbonyl (C=O) groups is 1. The van der Waals surface area contributed by atoms with E-state index in [0.29, 0.717) is 18.3 Å². The van der Waals surface area contributed by atoms with Gasteiger partial charge in [-0.05, 0) is 5.75 Å². The summed E-state index contributed by atoms with van der Waals surface area (Å²) in [6, 6.07) is 0. The van der Waals surface area contributed by atoms with Crippen molar-refractivity contribution in [2.24, 2.45) is 10.7 Å². The molecule has 0 fully saturated rings. The summed E-state index contributed by atoms with van der Waals surface area (Å²) in [5.41, 5.74) is 5.50. The number of amides is 1. The van der Waals surface area contributed by atoms with Crippen molar-refractivity contribution in [3.63, 3.8) is 0 Å². The molecule has 0 saturated carbocycles.